The lowest BCUT2D eigenvalue weighted by Gasteiger charge is -2.32. The van der Waals surface area contributed by atoms with Gasteiger partial charge in [0.15, 0.2) is 0 Å². The van der Waals surface area contributed by atoms with Crippen molar-refractivity contribution in [2.24, 2.45) is 4.99 Å². The average molecular weight is 308 g/mol. The molecule has 0 aromatic heterocycles. The second-order valence-electron chi connectivity index (χ2n) is 5.23. The van der Waals surface area contributed by atoms with E-state index in [1.807, 2.05) is 30.3 Å². The van der Waals surface area contributed by atoms with Crippen molar-refractivity contribution in [3.05, 3.63) is 72.4 Å². The zero-order chi connectivity index (χ0) is 16.2. The lowest BCUT2D eigenvalue weighted by Crippen LogP contribution is -2.47. The third-order valence-electron chi connectivity index (χ3n) is 3.67. The molecule has 5 nitrogen and oxygen atoms in total. The van der Waals surface area contributed by atoms with E-state index < -0.39 is 12.0 Å². The van der Waals surface area contributed by atoms with E-state index in [2.05, 4.69) is 4.99 Å². The number of amidine groups is 1. The Morgan fingerprint density at radius 1 is 1.09 bits per heavy atom. The van der Waals surface area contributed by atoms with Crippen LogP contribution in [0.2, 0.25) is 0 Å². The van der Waals surface area contributed by atoms with E-state index in [9.17, 15) is 15.0 Å². The van der Waals surface area contributed by atoms with Crippen LogP contribution < -0.4 is 4.90 Å². The van der Waals surface area contributed by atoms with Crippen molar-refractivity contribution < 1.29 is 15.0 Å². The summed E-state index contributed by atoms with van der Waals surface area (Å²) in [4.78, 5) is 17.7. The number of phenolic OH excluding ortho intramolecular Hbond substituents is 1. The van der Waals surface area contributed by atoms with Crippen LogP contribution in [0, 0.1) is 0 Å². The second kappa shape index (κ2) is 6.36. The van der Waals surface area contributed by atoms with Gasteiger partial charge in [0.2, 0.25) is 0 Å². The van der Waals surface area contributed by atoms with Gasteiger partial charge in [-0.25, -0.2) is 9.79 Å². The summed E-state index contributed by atoms with van der Waals surface area (Å²) in [6, 6.07) is 15.1. The quantitative estimate of drug-likeness (QED) is 0.891. The number of carbonyl (C=O) groups is 1. The predicted octanol–water partition coefficient (Wildman–Crippen LogP) is 2.82. The lowest BCUT2D eigenvalue weighted by atomic mass is 10.0. The number of hydrogen-bond donors (Lipinski definition) is 2. The van der Waals surface area contributed by atoms with Gasteiger partial charge in [0.25, 0.3) is 0 Å². The topological polar surface area (TPSA) is 73.1 Å². The molecule has 0 aliphatic carbocycles. The molecule has 0 amide bonds. The summed E-state index contributed by atoms with van der Waals surface area (Å²) in [5.74, 6) is -0.196. The molecule has 116 valence electrons. The summed E-state index contributed by atoms with van der Waals surface area (Å²) in [5.41, 5.74) is 1.61. The van der Waals surface area contributed by atoms with Crippen molar-refractivity contribution in [3.8, 4) is 5.75 Å². The molecule has 0 fully saturated rings. The molecule has 0 saturated heterocycles. The van der Waals surface area contributed by atoms with Crippen LogP contribution in [-0.2, 0) is 11.2 Å². The molecular weight excluding hydrogens is 292 g/mol. The molecule has 1 aliphatic rings. The molecule has 2 aromatic carbocycles. The monoisotopic (exact) mass is 308 g/mol. The molecule has 23 heavy (non-hydrogen) atoms. The standard InChI is InChI=1S/C18H16N2O3/c21-15-8-6-14(7-9-15)20(17-10-11-19-17)16(18(22)23)12-13-4-2-1-3-5-13/h1-11,16,21H,12H2,(H,22,23). The van der Waals surface area contributed by atoms with E-state index >= 15 is 0 Å². The van der Waals surface area contributed by atoms with Gasteiger partial charge < -0.3 is 15.1 Å². The van der Waals surface area contributed by atoms with Crippen molar-refractivity contribution in [1.29, 1.82) is 0 Å². The van der Waals surface area contributed by atoms with Crippen molar-refractivity contribution in [2.75, 3.05) is 4.90 Å². The summed E-state index contributed by atoms with van der Waals surface area (Å²) >= 11 is 0. The fourth-order valence-corrected chi connectivity index (χ4v) is 2.50. The van der Waals surface area contributed by atoms with E-state index in [1.54, 1.807) is 29.3 Å². The fraction of sp³-hybridized carbons (Fsp3) is 0.111. The van der Waals surface area contributed by atoms with Gasteiger partial charge in [-0.3, -0.25) is 0 Å². The van der Waals surface area contributed by atoms with Gasteiger partial charge in [-0.2, -0.15) is 0 Å². The van der Waals surface area contributed by atoms with Gasteiger partial charge in [0.05, 0.1) is 0 Å². The Morgan fingerprint density at radius 2 is 1.74 bits per heavy atom. The first-order valence-electron chi connectivity index (χ1n) is 7.24. The second-order valence-corrected chi connectivity index (χ2v) is 5.23. The molecule has 0 saturated carbocycles. The first-order valence-corrected chi connectivity index (χ1v) is 7.24. The Hall–Kier alpha value is -3.08. The van der Waals surface area contributed by atoms with Crippen molar-refractivity contribution in [3.63, 3.8) is 0 Å². The van der Waals surface area contributed by atoms with Gasteiger partial charge in [-0.1, -0.05) is 30.3 Å². The van der Waals surface area contributed by atoms with Crippen LogP contribution in [-0.4, -0.2) is 28.1 Å². The van der Waals surface area contributed by atoms with Crippen LogP contribution >= 0.6 is 0 Å². The number of carboxylic acids is 1. The minimum atomic E-state index is -0.926. The maximum absolute atomic E-state index is 11.9. The molecule has 1 atom stereocenters. The summed E-state index contributed by atoms with van der Waals surface area (Å²) < 4.78 is 0. The smallest absolute Gasteiger partial charge is 0.327 e. The number of benzene rings is 2. The predicted molar refractivity (Wildman–Crippen MR) is 88.7 cm³/mol. The van der Waals surface area contributed by atoms with Gasteiger partial charge in [0.1, 0.15) is 17.6 Å². The third-order valence-corrected chi connectivity index (χ3v) is 3.67. The molecule has 0 radical (unpaired) electrons. The summed E-state index contributed by atoms with van der Waals surface area (Å²) in [7, 11) is 0. The van der Waals surface area contributed by atoms with Gasteiger partial charge in [-0.05, 0) is 35.9 Å². The van der Waals surface area contributed by atoms with Gasteiger partial charge >= 0.3 is 5.97 Å². The van der Waals surface area contributed by atoms with Crippen LogP contribution in [0.3, 0.4) is 0 Å². The first-order chi connectivity index (χ1) is 11.1. The van der Waals surface area contributed by atoms with Crippen molar-refractivity contribution >= 4 is 17.5 Å². The largest absolute Gasteiger partial charge is 0.508 e. The molecule has 5 heteroatoms. The van der Waals surface area contributed by atoms with Crippen molar-refractivity contribution in [1.82, 2.24) is 0 Å². The minimum Gasteiger partial charge on any atom is -0.508 e. The normalized spacial score (nSPS) is 13.8. The molecule has 1 aliphatic heterocycles. The zero-order valence-corrected chi connectivity index (χ0v) is 12.3. The highest BCUT2D eigenvalue weighted by molar-refractivity contribution is 6.11. The average Bonchev–Trinajstić information content (AvgIpc) is 2.50. The SMILES string of the molecule is O=C(O)C(Cc1ccccc1)N(C1=NC=C1)c1ccc(O)cc1. The fourth-order valence-electron chi connectivity index (χ4n) is 2.50. The molecule has 3 rings (SSSR count). The van der Waals surface area contributed by atoms with Crippen LogP contribution in [0.25, 0.3) is 0 Å². The van der Waals surface area contributed by atoms with E-state index in [1.165, 1.54) is 12.1 Å². The maximum atomic E-state index is 11.9. The lowest BCUT2D eigenvalue weighted by molar-refractivity contribution is -0.138. The number of anilines is 1. The highest BCUT2D eigenvalue weighted by atomic mass is 16.4. The van der Waals surface area contributed by atoms with Crippen LogP contribution in [0.4, 0.5) is 5.69 Å². The molecule has 1 unspecified atom stereocenters. The maximum Gasteiger partial charge on any atom is 0.327 e. The number of nitrogens with zero attached hydrogens (tertiary/aromatic N) is 2. The minimum absolute atomic E-state index is 0.134. The van der Waals surface area contributed by atoms with Gasteiger partial charge in [0, 0.05) is 18.3 Å². The Bertz CT molecular complexity index is 752. The zero-order valence-electron chi connectivity index (χ0n) is 12.3. The van der Waals surface area contributed by atoms with Crippen molar-refractivity contribution in [2.45, 2.75) is 12.5 Å². The molecular formula is C18H16N2O3. The Morgan fingerprint density at radius 3 is 2.26 bits per heavy atom. The molecule has 0 bridgehead atoms. The van der Waals surface area contributed by atoms with Gasteiger partial charge in [-0.15, -0.1) is 0 Å². The Labute approximate surface area is 133 Å². The molecule has 2 N–H and O–H groups in total. The molecule has 2 aromatic rings. The first kappa shape index (κ1) is 14.8. The van der Waals surface area contributed by atoms with Crippen LogP contribution in [0.15, 0.2) is 71.9 Å². The van der Waals surface area contributed by atoms with E-state index in [-0.39, 0.29) is 5.75 Å². The summed E-state index contributed by atoms with van der Waals surface area (Å²) in [6.07, 6.45) is 3.75. The summed E-state index contributed by atoms with van der Waals surface area (Å²) in [5, 5.41) is 19.2. The van der Waals surface area contributed by atoms with E-state index in [4.69, 9.17) is 0 Å². The number of aliphatic carboxylic acids is 1. The molecule has 0 spiro atoms. The third kappa shape index (κ3) is 3.23. The number of aliphatic imine (C=N–C) groups is 1. The Balaban J connectivity index is 1.95. The molecule has 1 heterocycles. The number of carboxylic acid groups (broad SMARTS) is 1. The Kier molecular flexibility index (Phi) is 4.10. The number of phenols is 1. The van der Waals surface area contributed by atoms with Crippen LogP contribution in [0.1, 0.15) is 5.56 Å². The number of aromatic hydroxyl groups is 1. The van der Waals surface area contributed by atoms with E-state index in [0.717, 1.165) is 5.56 Å². The number of rotatable bonds is 5. The highest BCUT2D eigenvalue weighted by Gasteiger charge is 2.30. The van der Waals surface area contributed by atoms with Crippen LogP contribution in [0.5, 0.6) is 5.75 Å². The highest BCUT2D eigenvalue weighted by Crippen LogP contribution is 2.25. The summed E-state index contributed by atoms with van der Waals surface area (Å²) in [6.45, 7) is 0. The number of hydrogen-bond acceptors (Lipinski definition) is 4. The van der Waals surface area contributed by atoms with E-state index in [0.29, 0.717) is 17.9 Å².